The molecule has 0 saturated carbocycles. The number of esters is 2. The highest BCUT2D eigenvalue weighted by Crippen LogP contribution is 2.23. The molecule has 9 heteroatoms. The summed E-state index contributed by atoms with van der Waals surface area (Å²) in [6.45, 7) is 5.06. The molecular formula is C12H15F3N2O4. The van der Waals surface area contributed by atoms with E-state index in [0.717, 1.165) is 0 Å². The average molecular weight is 308 g/mol. The molecule has 0 aliphatic carbocycles. The Morgan fingerprint density at radius 1 is 1.43 bits per heavy atom. The van der Waals surface area contributed by atoms with Crippen molar-refractivity contribution in [3.63, 3.8) is 0 Å². The molecule has 3 atom stereocenters. The average Bonchev–Trinajstić information content (AvgIpc) is 2.78. The third kappa shape index (κ3) is 4.85. The van der Waals surface area contributed by atoms with Gasteiger partial charge in [0, 0.05) is 19.5 Å². The summed E-state index contributed by atoms with van der Waals surface area (Å²) in [5.41, 5.74) is 0. The quantitative estimate of drug-likeness (QED) is 0.443. The fraction of sp³-hybridized carbons (Fsp3) is 0.583. The zero-order chi connectivity index (χ0) is 16.2. The van der Waals surface area contributed by atoms with Gasteiger partial charge in [-0.1, -0.05) is 6.08 Å². The number of amides is 1. The first-order chi connectivity index (χ1) is 9.65. The Kier molecular flexibility index (Phi) is 5.47. The molecular weight excluding hydrogens is 293 g/mol. The second-order valence-electron chi connectivity index (χ2n) is 4.60. The number of ether oxygens (including phenoxy) is 1. The van der Waals surface area contributed by atoms with Crippen LogP contribution >= 0.6 is 0 Å². The highest BCUT2D eigenvalue weighted by atomic mass is 19.4. The van der Waals surface area contributed by atoms with Crippen molar-refractivity contribution in [1.29, 1.82) is 0 Å². The summed E-state index contributed by atoms with van der Waals surface area (Å²) >= 11 is 0. The molecule has 1 aliphatic rings. The van der Waals surface area contributed by atoms with Gasteiger partial charge in [0.25, 0.3) is 0 Å². The highest BCUT2D eigenvalue weighted by molar-refractivity contribution is 5.91. The third-order valence-corrected chi connectivity index (χ3v) is 3.02. The molecule has 0 aromatic rings. The second kappa shape index (κ2) is 6.70. The topological polar surface area (TPSA) is 84.5 Å². The zero-order valence-corrected chi connectivity index (χ0v) is 11.2. The number of carbonyl (C=O) groups excluding carboxylic acids is 3. The monoisotopic (exact) mass is 308 g/mol. The minimum Gasteiger partial charge on any atom is -0.385 e. The summed E-state index contributed by atoms with van der Waals surface area (Å²) in [6, 6.07) is -1.43. The largest absolute Gasteiger partial charge is 0.491 e. The van der Waals surface area contributed by atoms with E-state index in [2.05, 4.69) is 21.9 Å². The molecule has 1 amide bonds. The van der Waals surface area contributed by atoms with Crippen LogP contribution in [-0.2, 0) is 19.1 Å². The maximum Gasteiger partial charge on any atom is 0.491 e. The number of rotatable bonds is 4. The molecule has 118 valence electrons. The lowest BCUT2D eigenvalue weighted by Crippen LogP contribution is -2.44. The predicted octanol–water partition coefficient (Wildman–Crippen LogP) is 0.287. The molecule has 21 heavy (non-hydrogen) atoms. The zero-order valence-electron chi connectivity index (χ0n) is 11.2. The van der Waals surface area contributed by atoms with Crippen LogP contribution < -0.4 is 10.6 Å². The molecule has 0 radical (unpaired) electrons. The summed E-state index contributed by atoms with van der Waals surface area (Å²) in [7, 11) is 0. The van der Waals surface area contributed by atoms with Crippen LogP contribution in [0.5, 0.6) is 0 Å². The number of nitrogens with one attached hydrogen (secondary N) is 2. The van der Waals surface area contributed by atoms with Gasteiger partial charge in [-0.25, -0.2) is 9.59 Å². The lowest BCUT2D eigenvalue weighted by atomic mass is 9.99. The normalized spacial score (nSPS) is 25.2. The van der Waals surface area contributed by atoms with Crippen LogP contribution in [0.3, 0.4) is 0 Å². The first-order valence-corrected chi connectivity index (χ1v) is 6.11. The van der Waals surface area contributed by atoms with Crippen LogP contribution in [-0.4, -0.2) is 42.7 Å². The van der Waals surface area contributed by atoms with Gasteiger partial charge in [-0.3, -0.25) is 10.1 Å². The Hall–Kier alpha value is -1.90. The van der Waals surface area contributed by atoms with E-state index in [9.17, 15) is 27.6 Å². The standard InChI is InChI=1S/C12H15F3N2O4/c1-3-7-4-8(17-9(7)5-16-6(2)18)10(19)21-11(20)12(13,14)15/h3,7-9,17H,1,4-5H2,2H3,(H,16,18)/t7-,8-,9+/m1/s1. The molecule has 0 aromatic heterocycles. The molecule has 1 fully saturated rings. The van der Waals surface area contributed by atoms with Crippen LogP contribution in [0, 0.1) is 5.92 Å². The fourth-order valence-corrected chi connectivity index (χ4v) is 2.00. The third-order valence-electron chi connectivity index (χ3n) is 3.02. The second-order valence-corrected chi connectivity index (χ2v) is 4.60. The van der Waals surface area contributed by atoms with Crippen molar-refractivity contribution >= 4 is 17.8 Å². The van der Waals surface area contributed by atoms with Gasteiger partial charge in [0.2, 0.25) is 5.91 Å². The summed E-state index contributed by atoms with van der Waals surface area (Å²) in [5.74, 6) is -4.36. The fourth-order valence-electron chi connectivity index (χ4n) is 2.00. The molecule has 1 heterocycles. The minimum absolute atomic E-state index is 0.137. The van der Waals surface area contributed by atoms with Gasteiger partial charge in [0.1, 0.15) is 6.04 Å². The van der Waals surface area contributed by atoms with Crippen molar-refractivity contribution in [3.05, 3.63) is 12.7 Å². The van der Waals surface area contributed by atoms with Crippen LogP contribution in [0.2, 0.25) is 0 Å². The lowest BCUT2D eigenvalue weighted by molar-refractivity contribution is -0.202. The SMILES string of the molecule is C=C[C@@H]1C[C@H](C(=O)OC(=O)C(F)(F)F)N[C@H]1CNC(C)=O. The van der Waals surface area contributed by atoms with E-state index >= 15 is 0 Å². The summed E-state index contributed by atoms with van der Waals surface area (Å²) in [5, 5.41) is 5.25. The first kappa shape index (κ1) is 17.2. The van der Waals surface area contributed by atoms with Crippen LogP contribution in [0.15, 0.2) is 12.7 Å². The summed E-state index contributed by atoms with van der Waals surface area (Å²) in [6.07, 6.45) is -3.56. The predicted molar refractivity (Wildman–Crippen MR) is 64.9 cm³/mol. The highest BCUT2D eigenvalue weighted by Gasteiger charge is 2.45. The maximum atomic E-state index is 12.0. The number of hydrogen-bond donors (Lipinski definition) is 2. The summed E-state index contributed by atoms with van der Waals surface area (Å²) in [4.78, 5) is 33.0. The molecule has 0 spiro atoms. The maximum absolute atomic E-state index is 12.0. The van der Waals surface area contributed by atoms with Crippen molar-refractivity contribution in [2.24, 2.45) is 5.92 Å². The van der Waals surface area contributed by atoms with E-state index in [1.54, 1.807) is 0 Å². The molecule has 0 aromatic carbocycles. The molecule has 1 aliphatic heterocycles. The van der Waals surface area contributed by atoms with Gasteiger partial charge in [-0.05, 0) is 12.3 Å². The molecule has 0 bridgehead atoms. The van der Waals surface area contributed by atoms with Crippen molar-refractivity contribution in [2.45, 2.75) is 31.6 Å². The number of alkyl halides is 3. The van der Waals surface area contributed by atoms with E-state index in [1.807, 2.05) is 0 Å². The lowest BCUT2D eigenvalue weighted by Gasteiger charge is -2.16. The van der Waals surface area contributed by atoms with E-state index < -0.39 is 24.2 Å². The van der Waals surface area contributed by atoms with E-state index in [1.165, 1.54) is 13.0 Å². The Morgan fingerprint density at radius 3 is 2.52 bits per heavy atom. The van der Waals surface area contributed by atoms with Gasteiger partial charge >= 0.3 is 18.1 Å². The number of halogens is 3. The van der Waals surface area contributed by atoms with Crippen molar-refractivity contribution < 1.29 is 32.3 Å². The van der Waals surface area contributed by atoms with E-state index in [4.69, 9.17) is 0 Å². The summed E-state index contributed by atoms with van der Waals surface area (Å²) < 4.78 is 39.8. The minimum atomic E-state index is -5.22. The Bertz CT molecular complexity index is 450. The van der Waals surface area contributed by atoms with Gasteiger partial charge in [-0.15, -0.1) is 6.58 Å². The molecule has 6 nitrogen and oxygen atoms in total. The number of hydrogen-bond acceptors (Lipinski definition) is 5. The molecule has 1 rings (SSSR count). The van der Waals surface area contributed by atoms with E-state index in [-0.39, 0.29) is 30.8 Å². The molecule has 0 unspecified atom stereocenters. The molecule has 2 N–H and O–H groups in total. The smallest absolute Gasteiger partial charge is 0.385 e. The van der Waals surface area contributed by atoms with Gasteiger partial charge in [0.05, 0.1) is 0 Å². The van der Waals surface area contributed by atoms with Crippen molar-refractivity contribution in [3.8, 4) is 0 Å². The van der Waals surface area contributed by atoms with Crippen LogP contribution in [0.1, 0.15) is 13.3 Å². The van der Waals surface area contributed by atoms with Gasteiger partial charge in [-0.2, -0.15) is 13.2 Å². The van der Waals surface area contributed by atoms with Crippen molar-refractivity contribution in [2.75, 3.05) is 6.54 Å². The Morgan fingerprint density at radius 2 is 2.05 bits per heavy atom. The van der Waals surface area contributed by atoms with Crippen LogP contribution in [0.4, 0.5) is 13.2 Å². The Balaban J connectivity index is 2.61. The van der Waals surface area contributed by atoms with E-state index in [0.29, 0.717) is 0 Å². The van der Waals surface area contributed by atoms with Gasteiger partial charge < -0.3 is 10.1 Å². The van der Waals surface area contributed by atoms with Crippen molar-refractivity contribution in [1.82, 2.24) is 10.6 Å². The first-order valence-electron chi connectivity index (χ1n) is 6.11. The van der Waals surface area contributed by atoms with Gasteiger partial charge in [0.15, 0.2) is 0 Å². The number of carbonyl (C=O) groups is 3. The Labute approximate surface area is 118 Å². The van der Waals surface area contributed by atoms with Crippen LogP contribution in [0.25, 0.3) is 0 Å². The molecule has 1 saturated heterocycles.